The average molecular weight is 311 g/mol. The fourth-order valence-electron chi connectivity index (χ4n) is 1.88. The summed E-state index contributed by atoms with van der Waals surface area (Å²) in [4.78, 5) is 24.5. The van der Waals surface area contributed by atoms with Gasteiger partial charge in [0.2, 0.25) is 0 Å². The van der Waals surface area contributed by atoms with Crippen molar-refractivity contribution in [3.8, 4) is 11.4 Å². The first-order valence-electron chi connectivity index (χ1n) is 6.53. The summed E-state index contributed by atoms with van der Waals surface area (Å²) in [5, 5.41) is 2.84. The number of nitrogens with zero attached hydrogens (tertiary/aromatic N) is 3. The lowest BCUT2D eigenvalue weighted by Crippen LogP contribution is -2.13. The lowest BCUT2D eigenvalue weighted by molar-refractivity contribution is 0.102. The second-order valence-electron chi connectivity index (χ2n) is 4.46. The Morgan fingerprint density at radius 3 is 2.36 bits per heavy atom. The quantitative estimate of drug-likeness (QED) is 0.752. The molecule has 0 fully saturated rings. The van der Waals surface area contributed by atoms with Gasteiger partial charge >= 0.3 is 0 Å². The zero-order chi connectivity index (χ0) is 15.4. The van der Waals surface area contributed by atoms with E-state index in [2.05, 4.69) is 20.3 Å². The van der Waals surface area contributed by atoms with Crippen LogP contribution in [0.2, 0.25) is 5.15 Å². The number of rotatable bonds is 3. The van der Waals surface area contributed by atoms with Crippen molar-refractivity contribution in [2.75, 3.05) is 5.32 Å². The lowest BCUT2D eigenvalue weighted by Gasteiger charge is -2.06. The molecule has 0 aliphatic heterocycles. The smallest absolute Gasteiger partial charge is 0.258 e. The third-order valence-corrected chi connectivity index (χ3v) is 3.25. The van der Waals surface area contributed by atoms with E-state index in [1.54, 1.807) is 24.5 Å². The van der Waals surface area contributed by atoms with Crippen LogP contribution in [0.3, 0.4) is 0 Å². The zero-order valence-electron chi connectivity index (χ0n) is 11.4. The van der Waals surface area contributed by atoms with Crippen LogP contribution in [0.1, 0.15) is 10.4 Å². The normalized spacial score (nSPS) is 10.2. The van der Waals surface area contributed by atoms with Crippen LogP contribution in [-0.2, 0) is 0 Å². The summed E-state index contributed by atoms with van der Waals surface area (Å²) in [5.74, 6) is 0.243. The minimum Gasteiger partial charge on any atom is -0.319 e. The first kappa shape index (κ1) is 14.2. The van der Waals surface area contributed by atoms with E-state index in [1.807, 2.05) is 30.3 Å². The van der Waals surface area contributed by atoms with E-state index in [-0.39, 0.29) is 11.1 Å². The number of benzene rings is 1. The molecule has 0 aliphatic carbocycles. The van der Waals surface area contributed by atoms with Crippen molar-refractivity contribution in [3.63, 3.8) is 0 Å². The minimum absolute atomic E-state index is 0.154. The molecule has 0 spiro atoms. The molecule has 3 rings (SSSR count). The standard InChI is InChI=1S/C16H11ClN4O/c17-14-13(7-4-8-18-14)16(22)21-12-9-19-15(20-10-12)11-5-2-1-3-6-11/h1-10H,(H,21,22). The topological polar surface area (TPSA) is 67.8 Å². The summed E-state index contributed by atoms with van der Waals surface area (Å²) in [7, 11) is 0. The lowest BCUT2D eigenvalue weighted by atomic mass is 10.2. The second-order valence-corrected chi connectivity index (χ2v) is 4.82. The molecule has 3 aromatic rings. The predicted molar refractivity (Wildman–Crippen MR) is 84.7 cm³/mol. The second kappa shape index (κ2) is 6.32. The van der Waals surface area contributed by atoms with E-state index in [9.17, 15) is 4.79 Å². The Balaban J connectivity index is 1.77. The largest absolute Gasteiger partial charge is 0.319 e. The Hall–Kier alpha value is -2.79. The van der Waals surface area contributed by atoms with E-state index in [1.165, 1.54) is 6.20 Å². The van der Waals surface area contributed by atoms with E-state index >= 15 is 0 Å². The van der Waals surface area contributed by atoms with E-state index in [0.717, 1.165) is 5.56 Å². The van der Waals surface area contributed by atoms with Crippen LogP contribution < -0.4 is 5.32 Å². The van der Waals surface area contributed by atoms with Gasteiger partial charge < -0.3 is 5.32 Å². The van der Waals surface area contributed by atoms with Gasteiger partial charge in [-0.1, -0.05) is 41.9 Å². The summed E-state index contributed by atoms with van der Waals surface area (Å²) in [5.41, 5.74) is 1.71. The highest BCUT2D eigenvalue weighted by atomic mass is 35.5. The predicted octanol–water partition coefficient (Wildman–Crippen LogP) is 3.44. The number of halogens is 1. The summed E-state index contributed by atoms with van der Waals surface area (Å²) in [6.45, 7) is 0. The monoisotopic (exact) mass is 310 g/mol. The van der Waals surface area contributed by atoms with Gasteiger partial charge in [-0.2, -0.15) is 0 Å². The van der Waals surface area contributed by atoms with Crippen molar-refractivity contribution >= 4 is 23.2 Å². The van der Waals surface area contributed by atoms with Crippen molar-refractivity contribution in [1.29, 1.82) is 0 Å². The molecule has 0 saturated heterocycles. The Kier molecular flexibility index (Phi) is 4.07. The molecule has 1 aromatic carbocycles. The van der Waals surface area contributed by atoms with Crippen LogP contribution in [0, 0.1) is 0 Å². The molecule has 0 unspecified atom stereocenters. The van der Waals surface area contributed by atoms with Crippen molar-refractivity contribution in [3.05, 3.63) is 71.8 Å². The molecule has 2 heterocycles. The van der Waals surface area contributed by atoms with Gasteiger partial charge in [0, 0.05) is 11.8 Å². The number of amides is 1. The molecule has 0 atom stereocenters. The van der Waals surface area contributed by atoms with Crippen molar-refractivity contribution in [2.24, 2.45) is 0 Å². The average Bonchev–Trinajstić information content (AvgIpc) is 2.57. The van der Waals surface area contributed by atoms with Gasteiger partial charge in [0.25, 0.3) is 5.91 Å². The molecular weight excluding hydrogens is 300 g/mol. The SMILES string of the molecule is O=C(Nc1cnc(-c2ccccc2)nc1)c1cccnc1Cl. The van der Waals surface area contributed by atoms with Gasteiger partial charge in [0.15, 0.2) is 5.82 Å². The molecule has 108 valence electrons. The number of nitrogens with one attached hydrogen (secondary N) is 1. The Labute approximate surface area is 132 Å². The number of carbonyl (C=O) groups is 1. The fraction of sp³-hybridized carbons (Fsp3) is 0. The molecule has 6 heteroatoms. The molecular formula is C16H11ClN4O. The highest BCUT2D eigenvalue weighted by molar-refractivity contribution is 6.33. The molecule has 22 heavy (non-hydrogen) atoms. The van der Waals surface area contributed by atoms with Crippen molar-refractivity contribution < 1.29 is 4.79 Å². The van der Waals surface area contributed by atoms with E-state index in [0.29, 0.717) is 17.1 Å². The van der Waals surface area contributed by atoms with Gasteiger partial charge in [-0.3, -0.25) is 4.79 Å². The Morgan fingerprint density at radius 1 is 0.955 bits per heavy atom. The van der Waals surface area contributed by atoms with Crippen molar-refractivity contribution in [2.45, 2.75) is 0 Å². The van der Waals surface area contributed by atoms with E-state index in [4.69, 9.17) is 11.6 Å². The van der Waals surface area contributed by atoms with E-state index < -0.39 is 0 Å². The Bertz CT molecular complexity index is 791. The number of anilines is 1. The maximum atomic E-state index is 12.1. The zero-order valence-corrected chi connectivity index (χ0v) is 12.2. The molecule has 0 aliphatic rings. The molecule has 1 amide bonds. The maximum Gasteiger partial charge on any atom is 0.258 e. The highest BCUT2D eigenvalue weighted by Crippen LogP contribution is 2.17. The molecule has 0 saturated carbocycles. The number of aromatic nitrogens is 3. The minimum atomic E-state index is -0.353. The molecule has 0 radical (unpaired) electrons. The summed E-state index contributed by atoms with van der Waals surface area (Å²) in [6, 6.07) is 12.8. The third-order valence-electron chi connectivity index (χ3n) is 2.95. The summed E-state index contributed by atoms with van der Waals surface area (Å²) >= 11 is 5.89. The van der Waals surface area contributed by atoms with Crippen LogP contribution in [0.25, 0.3) is 11.4 Å². The fourth-order valence-corrected chi connectivity index (χ4v) is 2.09. The highest BCUT2D eigenvalue weighted by Gasteiger charge is 2.11. The van der Waals surface area contributed by atoms with Gasteiger partial charge in [-0.05, 0) is 12.1 Å². The van der Waals surface area contributed by atoms with Crippen molar-refractivity contribution in [1.82, 2.24) is 15.0 Å². The van der Waals surface area contributed by atoms with Gasteiger partial charge in [-0.15, -0.1) is 0 Å². The first-order chi connectivity index (χ1) is 10.7. The number of hydrogen-bond donors (Lipinski definition) is 1. The molecule has 1 N–H and O–H groups in total. The molecule has 2 aromatic heterocycles. The van der Waals surface area contributed by atoms with Crippen LogP contribution in [0.5, 0.6) is 0 Å². The number of pyridine rings is 1. The molecule has 5 nitrogen and oxygen atoms in total. The third kappa shape index (κ3) is 3.10. The maximum absolute atomic E-state index is 12.1. The summed E-state index contributed by atoms with van der Waals surface area (Å²) < 4.78 is 0. The number of hydrogen-bond acceptors (Lipinski definition) is 4. The van der Waals surface area contributed by atoms with Crippen LogP contribution >= 0.6 is 11.6 Å². The van der Waals surface area contributed by atoms with Gasteiger partial charge in [-0.25, -0.2) is 15.0 Å². The first-order valence-corrected chi connectivity index (χ1v) is 6.91. The van der Waals surface area contributed by atoms with Gasteiger partial charge in [0.1, 0.15) is 5.15 Å². The number of carbonyl (C=O) groups excluding carboxylic acids is 1. The van der Waals surface area contributed by atoms with Crippen LogP contribution in [-0.4, -0.2) is 20.9 Å². The Morgan fingerprint density at radius 2 is 1.68 bits per heavy atom. The van der Waals surface area contributed by atoms with Crippen LogP contribution in [0.4, 0.5) is 5.69 Å². The van der Waals surface area contributed by atoms with Gasteiger partial charge in [0.05, 0.1) is 23.6 Å². The molecule has 0 bridgehead atoms. The van der Waals surface area contributed by atoms with Crippen LogP contribution in [0.15, 0.2) is 61.1 Å². The summed E-state index contributed by atoms with van der Waals surface area (Å²) in [6.07, 6.45) is 4.63.